The lowest BCUT2D eigenvalue weighted by atomic mass is 10.2. The van der Waals surface area contributed by atoms with Gasteiger partial charge in [-0.3, -0.25) is 4.79 Å². The molecule has 0 bridgehead atoms. The molecule has 0 spiro atoms. The molecule has 2 aliphatic heterocycles. The van der Waals surface area contributed by atoms with Crippen LogP contribution in [0.5, 0.6) is 0 Å². The maximum Gasteiger partial charge on any atom is 0.317 e. The summed E-state index contributed by atoms with van der Waals surface area (Å²) >= 11 is 0. The van der Waals surface area contributed by atoms with E-state index in [1.165, 1.54) is 0 Å². The van der Waals surface area contributed by atoms with E-state index in [-0.39, 0.29) is 18.0 Å². The third-order valence-electron chi connectivity index (χ3n) is 3.29. The summed E-state index contributed by atoms with van der Waals surface area (Å²) in [5, 5.41) is 5.92. The first kappa shape index (κ1) is 12.2. The van der Waals surface area contributed by atoms with Gasteiger partial charge in [-0.05, 0) is 13.0 Å². The average Bonchev–Trinajstić information content (AvgIpc) is 2.71. The Labute approximate surface area is 101 Å². The molecule has 17 heavy (non-hydrogen) atoms. The lowest BCUT2D eigenvalue weighted by molar-refractivity contribution is -0.132. The molecule has 0 aromatic rings. The van der Waals surface area contributed by atoms with E-state index in [1.54, 1.807) is 0 Å². The molecular formula is C11H20N4O2. The smallest absolute Gasteiger partial charge is 0.317 e. The minimum absolute atomic E-state index is 0.00575. The maximum atomic E-state index is 11.9. The van der Waals surface area contributed by atoms with Gasteiger partial charge in [-0.2, -0.15) is 0 Å². The number of amides is 3. The summed E-state index contributed by atoms with van der Waals surface area (Å²) in [6.45, 7) is 5.96. The molecule has 0 radical (unpaired) electrons. The van der Waals surface area contributed by atoms with Gasteiger partial charge in [0.25, 0.3) is 0 Å². The Morgan fingerprint density at radius 2 is 2.35 bits per heavy atom. The van der Waals surface area contributed by atoms with Crippen molar-refractivity contribution in [3.8, 4) is 0 Å². The summed E-state index contributed by atoms with van der Waals surface area (Å²) < 4.78 is 0. The van der Waals surface area contributed by atoms with E-state index in [0.717, 1.165) is 13.0 Å². The molecule has 6 nitrogen and oxygen atoms in total. The summed E-state index contributed by atoms with van der Waals surface area (Å²) in [5.74, 6) is 0.137. The molecule has 96 valence electrons. The van der Waals surface area contributed by atoms with Gasteiger partial charge >= 0.3 is 6.03 Å². The Morgan fingerprint density at radius 1 is 1.53 bits per heavy atom. The molecule has 2 fully saturated rings. The molecule has 2 aliphatic rings. The monoisotopic (exact) mass is 240 g/mol. The normalized spacial score (nSPS) is 23.6. The number of piperazine rings is 1. The fraction of sp³-hybridized carbons (Fsp3) is 0.818. The van der Waals surface area contributed by atoms with Crippen molar-refractivity contribution in [2.45, 2.75) is 19.4 Å². The molecule has 1 unspecified atom stereocenters. The third-order valence-corrected chi connectivity index (χ3v) is 3.29. The molecule has 0 aromatic heterocycles. The van der Waals surface area contributed by atoms with E-state index in [0.29, 0.717) is 32.7 Å². The number of rotatable bonds is 4. The van der Waals surface area contributed by atoms with Crippen LogP contribution in [0.3, 0.4) is 0 Å². The first-order valence-electron chi connectivity index (χ1n) is 6.25. The van der Waals surface area contributed by atoms with Gasteiger partial charge in [0.05, 0.1) is 12.6 Å². The summed E-state index contributed by atoms with van der Waals surface area (Å²) in [4.78, 5) is 27.0. The zero-order valence-corrected chi connectivity index (χ0v) is 10.2. The fourth-order valence-electron chi connectivity index (χ4n) is 2.31. The van der Waals surface area contributed by atoms with Crippen LogP contribution in [0.15, 0.2) is 0 Å². The van der Waals surface area contributed by atoms with Crippen LogP contribution in [0, 0.1) is 0 Å². The molecule has 6 heteroatoms. The van der Waals surface area contributed by atoms with Crippen LogP contribution in [0.4, 0.5) is 4.79 Å². The quantitative estimate of drug-likeness (QED) is 0.634. The second-order valence-corrected chi connectivity index (χ2v) is 4.55. The summed E-state index contributed by atoms with van der Waals surface area (Å²) in [6, 6.07) is 0.164. The van der Waals surface area contributed by atoms with Crippen molar-refractivity contribution in [3.05, 3.63) is 0 Å². The van der Waals surface area contributed by atoms with Gasteiger partial charge in [-0.1, -0.05) is 6.92 Å². The Bertz CT molecular complexity index is 308. The van der Waals surface area contributed by atoms with Crippen molar-refractivity contribution in [2.75, 3.05) is 39.3 Å². The molecule has 0 saturated carbocycles. The summed E-state index contributed by atoms with van der Waals surface area (Å²) in [5.41, 5.74) is 0. The molecule has 2 heterocycles. The minimum Gasteiger partial charge on any atom is -0.338 e. The van der Waals surface area contributed by atoms with Crippen LogP contribution in [0.1, 0.15) is 13.3 Å². The van der Waals surface area contributed by atoms with Crippen LogP contribution in [0.2, 0.25) is 0 Å². The highest BCUT2D eigenvalue weighted by molar-refractivity contribution is 5.80. The second kappa shape index (κ2) is 5.35. The van der Waals surface area contributed by atoms with Crippen molar-refractivity contribution in [1.29, 1.82) is 0 Å². The van der Waals surface area contributed by atoms with Crippen molar-refractivity contribution in [1.82, 2.24) is 20.4 Å². The van der Waals surface area contributed by atoms with E-state index in [4.69, 9.17) is 0 Å². The standard InChI is InChI=1S/C11H20N4O2/c1-2-3-12-7-10(16)14-4-5-15-9(8-14)6-13-11(15)17/h9,12H,2-8H2,1H3,(H,13,17). The van der Waals surface area contributed by atoms with E-state index in [1.807, 2.05) is 9.80 Å². The van der Waals surface area contributed by atoms with Gasteiger partial charge in [0.2, 0.25) is 5.91 Å². The molecule has 3 amide bonds. The van der Waals surface area contributed by atoms with Gasteiger partial charge in [-0.25, -0.2) is 4.79 Å². The molecule has 2 N–H and O–H groups in total. The Morgan fingerprint density at radius 3 is 3.12 bits per heavy atom. The SMILES string of the molecule is CCCNCC(=O)N1CCN2C(=O)NCC2C1. The summed E-state index contributed by atoms with van der Waals surface area (Å²) in [7, 11) is 0. The van der Waals surface area contributed by atoms with Crippen LogP contribution >= 0.6 is 0 Å². The first-order chi connectivity index (χ1) is 8.22. The molecule has 0 aromatic carbocycles. The highest BCUT2D eigenvalue weighted by atomic mass is 16.2. The fourth-order valence-corrected chi connectivity index (χ4v) is 2.31. The topological polar surface area (TPSA) is 64.7 Å². The van der Waals surface area contributed by atoms with Crippen molar-refractivity contribution in [2.24, 2.45) is 0 Å². The number of carbonyl (C=O) groups excluding carboxylic acids is 2. The number of nitrogens with one attached hydrogen (secondary N) is 2. The van der Waals surface area contributed by atoms with E-state index >= 15 is 0 Å². The van der Waals surface area contributed by atoms with E-state index in [2.05, 4.69) is 17.6 Å². The van der Waals surface area contributed by atoms with Crippen molar-refractivity contribution in [3.63, 3.8) is 0 Å². The number of carbonyl (C=O) groups is 2. The molecule has 2 rings (SSSR count). The number of fused-ring (bicyclic) bond motifs is 1. The van der Waals surface area contributed by atoms with Gasteiger partial charge in [-0.15, -0.1) is 0 Å². The molecule has 0 aliphatic carbocycles. The van der Waals surface area contributed by atoms with Gasteiger partial charge in [0.15, 0.2) is 0 Å². The number of hydrogen-bond donors (Lipinski definition) is 2. The van der Waals surface area contributed by atoms with Crippen LogP contribution in [0.25, 0.3) is 0 Å². The van der Waals surface area contributed by atoms with Gasteiger partial charge in [0, 0.05) is 26.2 Å². The first-order valence-corrected chi connectivity index (χ1v) is 6.25. The van der Waals surface area contributed by atoms with Crippen LogP contribution < -0.4 is 10.6 Å². The number of urea groups is 1. The molecular weight excluding hydrogens is 220 g/mol. The zero-order valence-electron chi connectivity index (χ0n) is 10.2. The van der Waals surface area contributed by atoms with Gasteiger partial charge < -0.3 is 20.4 Å². The predicted octanol–water partition coefficient (Wildman–Crippen LogP) is -0.778. The van der Waals surface area contributed by atoms with Crippen LogP contribution in [-0.2, 0) is 4.79 Å². The number of nitrogens with zero attached hydrogens (tertiary/aromatic N) is 2. The molecule has 1 atom stereocenters. The summed E-state index contributed by atoms with van der Waals surface area (Å²) in [6.07, 6.45) is 1.03. The highest BCUT2D eigenvalue weighted by Gasteiger charge is 2.36. The Kier molecular flexibility index (Phi) is 3.83. The highest BCUT2D eigenvalue weighted by Crippen LogP contribution is 2.13. The minimum atomic E-state index is 0.00575. The van der Waals surface area contributed by atoms with Crippen molar-refractivity contribution < 1.29 is 9.59 Å². The number of hydrogen-bond acceptors (Lipinski definition) is 3. The molecule has 2 saturated heterocycles. The Hall–Kier alpha value is -1.30. The maximum absolute atomic E-state index is 11.9. The van der Waals surface area contributed by atoms with Crippen LogP contribution in [-0.4, -0.2) is 67.0 Å². The van der Waals surface area contributed by atoms with E-state index in [9.17, 15) is 9.59 Å². The average molecular weight is 240 g/mol. The van der Waals surface area contributed by atoms with Crippen molar-refractivity contribution >= 4 is 11.9 Å². The Balaban J connectivity index is 1.80. The lowest BCUT2D eigenvalue weighted by Gasteiger charge is -2.36. The predicted molar refractivity (Wildman–Crippen MR) is 63.6 cm³/mol. The largest absolute Gasteiger partial charge is 0.338 e. The van der Waals surface area contributed by atoms with E-state index < -0.39 is 0 Å². The lowest BCUT2D eigenvalue weighted by Crippen LogP contribution is -2.55. The second-order valence-electron chi connectivity index (χ2n) is 4.55. The zero-order chi connectivity index (χ0) is 12.3. The third kappa shape index (κ3) is 2.69. The van der Waals surface area contributed by atoms with Gasteiger partial charge in [0.1, 0.15) is 0 Å².